The van der Waals surface area contributed by atoms with Crippen LogP contribution in [0.25, 0.3) is 0 Å². The van der Waals surface area contributed by atoms with Gasteiger partial charge >= 0.3 is 5.97 Å². The van der Waals surface area contributed by atoms with Crippen LogP contribution in [0.15, 0.2) is 36.4 Å². The molecule has 0 aliphatic carbocycles. The Labute approximate surface area is 135 Å². The molecular formula is C15H10Cl2FNO3. The first-order valence-corrected chi connectivity index (χ1v) is 6.82. The molecule has 1 amide bonds. The number of carbonyl (C=O) groups excluding carboxylic acids is 2. The summed E-state index contributed by atoms with van der Waals surface area (Å²) in [7, 11) is 1.22. The summed E-state index contributed by atoms with van der Waals surface area (Å²) in [4.78, 5) is 23.6. The Hall–Kier alpha value is -2.11. The van der Waals surface area contributed by atoms with Gasteiger partial charge in [0.2, 0.25) is 0 Å². The van der Waals surface area contributed by atoms with E-state index < -0.39 is 17.7 Å². The third-order valence-corrected chi connectivity index (χ3v) is 3.37. The van der Waals surface area contributed by atoms with Gasteiger partial charge in [0.05, 0.1) is 23.3 Å². The van der Waals surface area contributed by atoms with E-state index in [1.54, 1.807) is 0 Å². The van der Waals surface area contributed by atoms with Gasteiger partial charge in [-0.3, -0.25) is 4.79 Å². The molecule has 0 heterocycles. The monoisotopic (exact) mass is 341 g/mol. The predicted molar refractivity (Wildman–Crippen MR) is 82.2 cm³/mol. The molecule has 0 unspecified atom stereocenters. The van der Waals surface area contributed by atoms with E-state index in [0.29, 0.717) is 0 Å². The van der Waals surface area contributed by atoms with E-state index in [1.165, 1.54) is 37.4 Å². The molecule has 4 nitrogen and oxygen atoms in total. The molecule has 0 spiro atoms. The van der Waals surface area contributed by atoms with Gasteiger partial charge in [-0.15, -0.1) is 0 Å². The van der Waals surface area contributed by atoms with Crippen LogP contribution in [0.1, 0.15) is 20.7 Å². The van der Waals surface area contributed by atoms with Gasteiger partial charge in [-0.1, -0.05) is 23.2 Å². The van der Waals surface area contributed by atoms with Crippen molar-refractivity contribution in [3.05, 3.63) is 63.4 Å². The van der Waals surface area contributed by atoms with Crippen LogP contribution in [-0.4, -0.2) is 19.0 Å². The van der Waals surface area contributed by atoms with Crippen LogP contribution in [0.2, 0.25) is 10.0 Å². The molecule has 22 heavy (non-hydrogen) atoms. The molecule has 0 bridgehead atoms. The van der Waals surface area contributed by atoms with Gasteiger partial charge in [0.25, 0.3) is 5.91 Å². The molecule has 2 aromatic carbocycles. The minimum Gasteiger partial charge on any atom is -0.465 e. The topological polar surface area (TPSA) is 55.4 Å². The number of nitrogens with one attached hydrogen (secondary N) is 1. The largest absolute Gasteiger partial charge is 0.465 e. The van der Waals surface area contributed by atoms with Gasteiger partial charge in [0, 0.05) is 10.7 Å². The van der Waals surface area contributed by atoms with Crippen molar-refractivity contribution in [2.75, 3.05) is 12.4 Å². The molecule has 0 fully saturated rings. The molecule has 0 radical (unpaired) electrons. The first-order chi connectivity index (χ1) is 10.4. The summed E-state index contributed by atoms with van der Waals surface area (Å²) in [6.45, 7) is 0. The fourth-order valence-electron chi connectivity index (χ4n) is 1.74. The Morgan fingerprint density at radius 3 is 2.45 bits per heavy atom. The fourth-order valence-corrected chi connectivity index (χ4v) is 2.09. The van der Waals surface area contributed by atoms with Gasteiger partial charge in [0.1, 0.15) is 5.82 Å². The Bertz CT molecular complexity index is 750. The Morgan fingerprint density at radius 1 is 1.09 bits per heavy atom. The second-order valence-electron chi connectivity index (χ2n) is 4.26. The highest BCUT2D eigenvalue weighted by Gasteiger charge is 2.15. The van der Waals surface area contributed by atoms with Crippen molar-refractivity contribution in [1.29, 1.82) is 0 Å². The Balaban J connectivity index is 2.27. The molecular weight excluding hydrogens is 332 g/mol. The fraction of sp³-hybridized carbons (Fsp3) is 0.0667. The van der Waals surface area contributed by atoms with Crippen molar-refractivity contribution in [2.24, 2.45) is 0 Å². The van der Waals surface area contributed by atoms with E-state index >= 15 is 0 Å². The maximum atomic E-state index is 13.7. The highest BCUT2D eigenvalue weighted by atomic mass is 35.5. The van der Waals surface area contributed by atoms with Crippen molar-refractivity contribution in [2.45, 2.75) is 0 Å². The lowest BCUT2D eigenvalue weighted by molar-refractivity contribution is 0.0600. The van der Waals surface area contributed by atoms with Gasteiger partial charge in [-0.2, -0.15) is 0 Å². The number of ether oxygens (including phenoxy) is 1. The Morgan fingerprint density at radius 2 is 1.82 bits per heavy atom. The van der Waals surface area contributed by atoms with Crippen molar-refractivity contribution in [3.8, 4) is 0 Å². The normalized spacial score (nSPS) is 10.2. The van der Waals surface area contributed by atoms with Crippen molar-refractivity contribution in [3.63, 3.8) is 0 Å². The summed E-state index contributed by atoms with van der Waals surface area (Å²) >= 11 is 11.5. The van der Waals surface area contributed by atoms with Crippen LogP contribution >= 0.6 is 23.2 Å². The third kappa shape index (κ3) is 3.55. The summed E-state index contributed by atoms with van der Waals surface area (Å²) in [5.74, 6) is -2.06. The van der Waals surface area contributed by atoms with E-state index in [2.05, 4.69) is 10.1 Å². The lowest BCUT2D eigenvalue weighted by Crippen LogP contribution is -2.14. The van der Waals surface area contributed by atoms with Crippen LogP contribution in [-0.2, 0) is 4.74 Å². The minimum atomic E-state index is -0.743. The van der Waals surface area contributed by atoms with Gasteiger partial charge in [-0.05, 0) is 36.4 Å². The first-order valence-electron chi connectivity index (χ1n) is 6.06. The summed E-state index contributed by atoms with van der Waals surface area (Å²) in [6.07, 6.45) is 0. The highest BCUT2D eigenvalue weighted by molar-refractivity contribution is 6.33. The third-order valence-electron chi connectivity index (χ3n) is 2.81. The highest BCUT2D eigenvalue weighted by Crippen LogP contribution is 2.22. The molecule has 2 aromatic rings. The van der Waals surface area contributed by atoms with Gasteiger partial charge in [0.15, 0.2) is 0 Å². The molecule has 0 aromatic heterocycles. The maximum Gasteiger partial charge on any atom is 0.339 e. The second-order valence-corrected chi connectivity index (χ2v) is 5.11. The molecule has 0 saturated carbocycles. The van der Waals surface area contributed by atoms with E-state index in [-0.39, 0.29) is 26.9 Å². The molecule has 7 heteroatoms. The number of methoxy groups -OCH3 is 1. The van der Waals surface area contributed by atoms with E-state index in [9.17, 15) is 14.0 Å². The summed E-state index contributed by atoms with van der Waals surface area (Å²) in [5, 5.41) is 2.85. The first kappa shape index (κ1) is 16.3. The molecule has 2 rings (SSSR count). The number of hydrogen-bond acceptors (Lipinski definition) is 3. The van der Waals surface area contributed by atoms with Crippen LogP contribution in [0, 0.1) is 5.82 Å². The molecule has 114 valence electrons. The number of anilines is 1. The van der Waals surface area contributed by atoms with Crippen LogP contribution in [0.4, 0.5) is 10.1 Å². The molecule has 0 aliphatic rings. The number of halogens is 3. The predicted octanol–water partition coefficient (Wildman–Crippen LogP) is 4.17. The SMILES string of the molecule is COC(=O)c1cc(NC(=O)c2ccc(Cl)cc2F)ccc1Cl. The lowest BCUT2D eigenvalue weighted by Gasteiger charge is -2.09. The van der Waals surface area contributed by atoms with E-state index in [4.69, 9.17) is 23.2 Å². The van der Waals surface area contributed by atoms with Crippen molar-refractivity contribution < 1.29 is 18.7 Å². The van der Waals surface area contributed by atoms with Gasteiger partial charge < -0.3 is 10.1 Å². The number of rotatable bonds is 3. The van der Waals surface area contributed by atoms with E-state index in [1.807, 2.05) is 0 Å². The zero-order chi connectivity index (χ0) is 16.3. The zero-order valence-corrected chi connectivity index (χ0v) is 12.8. The average molecular weight is 342 g/mol. The standard InChI is InChI=1S/C15H10Cl2FNO3/c1-22-15(21)11-7-9(3-5-12(11)17)19-14(20)10-4-2-8(16)6-13(10)18/h2-7H,1H3,(H,19,20). The molecule has 1 N–H and O–H groups in total. The molecule has 0 atom stereocenters. The van der Waals surface area contributed by atoms with Crippen LogP contribution < -0.4 is 5.32 Å². The molecule has 0 aliphatic heterocycles. The summed E-state index contributed by atoms with van der Waals surface area (Å²) in [5.41, 5.74) is 0.210. The maximum absolute atomic E-state index is 13.7. The Kier molecular flexibility index (Phi) is 5.00. The summed E-state index contributed by atoms with van der Waals surface area (Å²) in [6, 6.07) is 7.98. The van der Waals surface area contributed by atoms with Crippen LogP contribution in [0.3, 0.4) is 0 Å². The summed E-state index contributed by atoms with van der Waals surface area (Å²) < 4.78 is 18.3. The number of benzene rings is 2. The zero-order valence-electron chi connectivity index (χ0n) is 11.3. The van der Waals surface area contributed by atoms with Crippen molar-refractivity contribution in [1.82, 2.24) is 0 Å². The quantitative estimate of drug-likeness (QED) is 0.852. The minimum absolute atomic E-state index is 0.0959. The molecule has 0 saturated heterocycles. The van der Waals surface area contributed by atoms with Gasteiger partial charge in [-0.25, -0.2) is 9.18 Å². The van der Waals surface area contributed by atoms with E-state index in [0.717, 1.165) is 6.07 Å². The average Bonchev–Trinajstić information content (AvgIpc) is 2.48. The smallest absolute Gasteiger partial charge is 0.339 e. The van der Waals surface area contributed by atoms with Crippen molar-refractivity contribution >= 4 is 40.8 Å². The second kappa shape index (κ2) is 6.77. The number of amides is 1. The van der Waals surface area contributed by atoms with Crippen LogP contribution in [0.5, 0.6) is 0 Å². The number of esters is 1. The number of carbonyl (C=O) groups is 2. The lowest BCUT2D eigenvalue weighted by atomic mass is 10.1. The number of hydrogen-bond donors (Lipinski definition) is 1.